The lowest BCUT2D eigenvalue weighted by atomic mass is 9.92. The standard InChI is InChI=1S/C14H18O3/c1-3-6-10-8-5-9-11(7-4-2)12(10)13(15)14(16)17/h5,8-9H,3-4,6-7H2,1-2H3,(H,16,17). The number of Topliss-reactive ketones (excluding diaryl/α,β-unsaturated/α-hetero) is 1. The molecule has 0 radical (unpaired) electrons. The number of rotatable bonds is 6. The second-order valence-electron chi connectivity index (χ2n) is 4.09. The Kier molecular flexibility index (Phi) is 4.88. The average molecular weight is 234 g/mol. The maximum Gasteiger partial charge on any atom is 0.377 e. The number of carbonyl (C=O) groups is 2. The number of carbonyl (C=O) groups excluding carboxylic acids is 1. The zero-order chi connectivity index (χ0) is 12.8. The third kappa shape index (κ3) is 3.16. The Morgan fingerprint density at radius 2 is 1.53 bits per heavy atom. The van der Waals surface area contributed by atoms with Crippen molar-refractivity contribution in [1.82, 2.24) is 0 Å². The minimum atomic E-state index is -1.37. The lowest BCUT2D eigenvalue weighted by Crippen LogP contribution is -2.17. The van der Waals surface area contributed by atoms with Gasteiger partial charge in [0.05, 0.1) is 0 Å². The topological polar surface area (TPSA) is 54.4 Å². The van der Waals surface area contributed by atoms with Gasteiger partial charge in [0.25, 0.3) is 5.78 Å². The number of carboxylic acid groups (broad SMARTS) is 1. The minimum Gasteiger partial charge on any atom is -0.475 e. The molecular weight excluding hydrogens is 216 g/mol. The normalized spacial score (nSPS) is 10.2. The van der Waals surface area contributed by atoms with Crippen LogP contribution in [-0.4, -0.2) is 16.9 Å². The quantitative estimate of drug-likeness (QED) is 0.608. The summed E-state index contributed by atoms with van der Waals surface area (Å²) in [5, 5.41) is 8.87. The van der Waals surface area contributed by atoms with E-state index in [0.717, 1.165) is 36.8 Å². The highest BCUT2D eigenvalue weighted by molar-refractivity contribution is 6.40. The fraction of sp³-hybridized carbons (Fsp3) is 0.429. The van der Waals surface area contributed by atoms with Crippen molar-refractivity contribution in [2.45, 2.75) is 39.5 Å². The van der Waals surface area contributed by atoms with Gasteiger partial charge in [-0.15, -0.1) is 0 Å². The molecule has 0 unspecified atom stereocenters. The second kappa shape index (κ2) is 6.18. The number of hydrogen-bond acceptors (Lipinski definition) is 2. The summed E-state index contributed by atoms with van der Waals surface area (Å²) in [5.41, 5.74) is 2.11. The molecule has 0 aliphatic rings. The van der Waals surface area contributed by atoms with Gasteiger partial charge in [0.15, 0.2) is 0 Å². The monoisotopic (exact) mass is 234 g/mol. The summed E-state index contributed by atoms with van der Waals surface area (Å²) in [5.74, 6) is -2.15. The Bertz CT molecular complexity index is 397. The van der Waals surface area contributed by atoms with Gasteiger partial charge in [-0.1, -0.05) is 44.9 Å². The average Bonchev–Trinajstić information content (AvgIpc) is 2.29. The molecule has 3 heteroatoms. The molecule has 0 amide bonds. The summed E-state index contributed by atoms with van der Waals surface area (Å²) in [6.45, 7) is 4.03. The van der Waals surface area contributed by atoms with Crippen molar-refractivity contribution in [1.29, 1.82) is 0 Å². The minimum absolute atomic E-state index is 0.406. The molecule has 17 heavy (non-hydrogen) atoms. The first-order valence-corrected chi connectivity index (χ1v) is 6.00. The number of hydrogen-bond donors (Lipinski definition) is 1. The smallest absolute Gasteiger partial charge is 0.377 e. The van der Waals surface area contributed by atoms with E-state index in [1.807, 2.05) is 32.0 Å². The Hall–Kier alpha value is -1.64. The van der Waals surface area contributed by atoms with Crippen molar-refractivity contribution >= 4 is 11.8 Å². The van der Waals surface area contributed by atoms with E-state index in [1.54, 1.807) is 0 Å². The Balaban J connectivity index is 3.27. The summed E-state index contributed by atoms with van der Waals surface area (Å²) in [6.07, 6.45) is 3.28. The molecule has 0 aliphatic heterocycles. The van der Waals surface area contributed by atoms with E-state index in [-0.39, 0.29) is 0 Å². The van der Waals surface area contributed by atoms with Crippen molar-refractivity contribution in [3.05, 3.63) is 34.9 Å². The van der Waals surface area contributed by atoms with Crippen LogP contribution in [0.5, 0.6) is 0 Å². The van der Waals surface area contributed by atoms with E-state index >= 15 is 0 Å². The molecule has 0 saturated heterocycles. The highest BCUT2D eigenvalue weighted by Gasteiger charge is 2.21. The van der Waals surface area contributed by atoms with E-state index in [4.69, 9.17) is 5.11 Å². The van der Waals surface area contributed by atoms with E-state index in [9.17, 15) is 9.59 Å². The molecule has 0 aromatic heterocycles. The fourth-order valence-electron chi connectivity index (χ4n) is 2.01. The SMILES string of the molecule is CCCc1cccc(CCC)c1C(=O)C(=O)O. The molecule has 0 heterocycles. The first-order valence-electron chi connectivity index (χ1n) is 6.00. The van der Waals surface area contributed by atoms with Crippen molar-refractivity contribution in [3.8, 4) is 0 Å². The number of carboxylic acids is 1. The van der Waals surface area contributed by atoms with Crippen LogP contribution in [-0.2, 0) is 17.6 Å². The van der Waals surface area contributed by atoms with E-state index in [1.165, 1.54) is 0 Å². The molecule has 1 N–H and O–H groups in total. The van der Waals surface area contributed by atoms with E-state index in [2.05, 4.69) is 0 Å². The van der Waals surface area contributed by atoms with Crippen LogP contribution < -0.4 is 0 Å². The number of aryl methyl sites for hydroxylation is 2. The molecule has 0 saturated carbocycles. The van der Waals surface area contributed by atoms with Gasteiger partial charge in [-0.3, -0.25) is 4.79 Å². The van der Waals surface area contributed by atoms with Gasteiger partial charge in [-0.2, -0.15) is 0 Å². The summed E-state index contributed by atoms with van der Waals surface area (Å²) >= 11 is 0. The molecule has 0 atom stereocenters. The van der Waals surface area contributed by atoms with Gasteiger partial charge < -0.3 is 5.11 Å². The lowest BCUT2D eigenvalue weighted by molar-refractivity contribution is -0.131. The van der Waals surface area contributed by atoms with Crippen molar-refractivity contribution in [3.63, 3.8) is 0 Å². The zero-order valence-electron chi connectivity index (χ0n) is 10.3. The van der Waals surface area contributed by atoms with Crippen LogP contribution in [0.3, 0.4) is 0 Å². The van der Waals surface area contributed by atoms with E-state index in [0.29, 0.717) is 5.56 Å². The van der Waals surface area contributed by atoms with Gasteiger partial charge in [-0.25, -0.2) is 4.79 Å². The summed E-state index contributed by atoms with van der Waals surface area (Å²) < 4.78 is 0. The molecule has 0 aliphatic carbocycles. The van der Waals surface area contributed by atoms with Crippen LogP contribution >= 0.6 is 0 Å². The highest BCUT2D eigenvalue weighted by atomic mass is 16.4. The highest BCUT2D eigenvalue weighted by Crippen LogP contribution is 2.19. The summed E-state index contributed by atoms with van der Waals surface area (Å²) in [4.78, 5) is 22.6. The molecule has 3 nitrogen and oxygen atoms in total. The third-order valence-corrected chi connectivity index (χ3v) is 2.70. The Morgan fingerprint density at radius 3 is 1.88 bits per heavy atom. The number of ketones is 1. The summed E-state index contributed by atoms with van der Waals surface area (Å²) in [6, 6.07) is 5.59. The maximum atomic E-state index is 11.7. The summed E-state index contributed by atoms with van der Waals surface area (Å²) in [7, 11) is 0. The maximum absolute atomic E-state index is 11.7. The molecular formula is C14H18O3. The van der Waals surface area contributed by atoms with Crippen LogP contribution in [0.25, 0.3) is 0 Å². The molecule has 0 bridgehead atoms. The predicted octanol–water partition coefficient (Wildman–Crippen LogP) is 2.86. The molecule has 1 aromatic carbocycles. The molecule has 92 valence electrons. The van der Waals surface area contributed by atoms with Crippen LogP contribution in [0.1, 0.15) is 48.2 Å². The lowest BCUT2D eigenvalue weighted by Gasteiger charge is -2.11. The van der Waals surface area contributed by atoms with Gasteiger partial charge in [-0.05, 0) is 24.0 Å². The first-order chi connectivity index (χ1) is 8.11. The van der Waals surface area contributed by atoms with Crippen LogP contribution in [0.15, 0.2) is 18.2 Å². The van der Waals surface area contributed by atoms with Crippen molar-refractivity contribution in [2.75, 3.05) is 0 Å². The van der Waals surface area contributed by atoms with Crippen LogP contribution in [0, 0.1) is 0 Å². The van der Waals surface area contributed by atoms with Gasteiger partial charge in [0, 0.05) is 5.56 Å². The zero-order valence-corrected chi connectivity index (χ0v) is 10.3. The number of aliphatic carboxylic acids is 1. The van der Waals surface area contributed by atoms with Crippen molar-refractivity contribution < 1.29 is 14.7 Å². The van der Waals surface area contributed by atoms with Gasteiger partial charge >= 0.3 is 5.97 Å². The third-order valence-electron chi connectivity index (χ3n) is 2.70. The van der Waals surface area contributed by atoms with Gasteiger partial charge in [0.1, 0.15) is 0 Å². The number of benzene rings is 1. The molecule has 1 rings (SSSR count). The van der Waals surface area contributed by atoms with E-state index < -0.39 is 11.8 Å². The predicted molar refractivity (Wildman–Crippen MR) is 66.4 cm³/mol. The molecule has 0 spiro atoms. The van der Waals surface area contributed by atoms with Crippen LogP contribution in [0.2, 0.25) is 0 Å². The first kappa shape index (κ1) is 13.4. The second-order valence-corrected chi connectivity index (χ2v) is 4.09. The van der Waals surface area contributed by atoms with Crippen molar-refractivity contribution in [2.24, 2.45) is 0 Å². The fourth-order valence-corrected chi connectivity index (χ4v) is 2.01. The van der Waals surface area contributed by atoms with Crippen LogP contribution in [0.4, 0.5) is 0 Å². The Labute approximate surface area is 101 Å². The Morgan fingerprint density at radius 1 is 1.06 bits per heavy atom. The largest absolute Gasteiger partial charge is 0.475 e. The van der Waals surface area contributed by atoms with Gasteiger partial charge in [0.2, 0.25) is 0 Å². The molecule has 0 fully saturated rings. The molecule has 1 aromatic rings.